The van der Waals surface area contributed by atoms with Gasteiger partial charge in [0.05, 0.1) is 0 Å². The van der Waals surface area contributed by atoms with E-state index in [1.54, 1.807) is 6.92 Å². The van der Waals surface area contributed by atoms with Gasteiger partial charge >= 0.3 is 0 Å². The third-order valence-corrected chi connectivity index (χ3v) is 3.87. The number of guanidine groups is 1. The average molecular weight is 343 g/mol. The molecular formula is C19H29N5O. The molecule has 0 fully saturated rings. The van der Waals surface area contributed by atoms with Gasteiger partial charge in [0.25, 0.3) is 0 Å². The summed E-state index contributed by atoms with van der Waals surface area (Å²) in [6.45, 7) is 10.3. The highest BCUT2D eigenvalue weighted by Crippen LogP contribution is 2.15. The van der Waals surface area contributed by atoms with Gasteiger partial charge < -0.3 is 15.2 Å². The maximum atomic E-state index is 4.96. The fraction of sp³-hybridized carbons (Fsp3) is 0.526. The Morgan fingerprint density at radius 3 is 2.56 bits per heavy atom. The Labute approximate surface area is 150 Å². The lowest BCUT2D eigenvalue weighted by Gasteiger charge is -2.11. The normalized spacial score (nSPS) is 11.8. The Kier molecular flexibility index (Phi) is 7.44. The summed E-state index contributed by atoms with van der Waals surface area (Å²) >= 11 is 0. The molecule has 1 aromatic carbocycles. The zero-order chi connectivity index (χ0) is 18.1. The van der Waals surface area contributed by atoms with E-state index in [4.69, 9.17) is 4.52 Å². The monoisotopic (exact) mass is 343 g/mol. The van der Waals surface area contributed by atoms with Crippen molar-refractivity contribution in [3.63, 3.8) is 0 Å². The first kappa shape index (κ1) is 19.0. The smallest absolute Gasteiger partial charge is 0.223 e. The molecule has 136 valence electrons. The van der Waals surface area contributed by atoms with E-state index in [-0.39, 0.29) is 0 Å². The standard InChI is InChI=1S/C19H29N5O/c1-5-20-19(22-13-18-23-15(4)25-24-18)21-12-6-7-16-8-10-17(11-9-16)14(2)3/h8-11,14H,5-7,12-13H2,1-4H3,(H2,20,21,22). The zero-order valence-corrected chi connectivity index (χ0v) is 15.7. The first-order chi connectivity index (χ1) is 12.1. The molecule has 2 rings (SSSR count). The van der Waals surface area contributed by atoms with Crippen LogP contribution < -0.4 is 10.6 Å². The summed E-state index contributed by atoms with van der Waals surface area (Å²) in [4.78, 5) is 8.64. The van der Waals surface area contributed by atoms with Gasteiger partial charge in [-0.1, -0.05) is 43.3 Å². The molecule has 0 bridgehead atoms. The Bertz CT molecular complexity index is 661. The van der Waals surface area contributed by atoms with Crippen molar-refractivity contribution in [3.05, 3.63) is 47.1 Å². The van der Waals surface area contributed by atoms with Gasteiger partial charge in [0.15, 0.2) is 11.8 Å². The average Bonchev–Trinajstić information content (AvgIpc) is 3.02. The minimum Gasteiger partial charge on any atom is -0.357 e. The predicted molar refractivity (Wildman–Crippen MR) is 101 cm³/mol. The number of aliphatic imine (C=N–C) groups is 1. The number of hydrogen-bond acceptors (Lipinski definition) is 4. The molecule has 0 unspecified atom stereocenters. The van der Waals surface area contributed by atoms with E-state index in [9.17, 15) is 0 Å². The van der Waals surface area contributed by atoms with Crippen molar-refractivity contribution >= 4 is 5.96 Å². The number of nitrogens with zero attached hydrogens (tertiary/aromatic N) is 3. The summed E-state index contributed by atoms with van der Waals surface area (Å²) in [5, 5.41) is 10.4. The van der Waals surface area contributed by atoms with E-state index in [2.05, 4.69) is 63.9 Å². The van der Waals surface area contributed by atoms with Gasteiger partial charge in [0, 0.05) is 20.0 Å². The molecule has 0 amide bonds. The first-order valence-corrected chi connectivity index (χ1v) is 8.98. The molecule has 2 aromatic rings. The lowest BCUT2D eigenvalue weighted by molar-refractivity contribution is 0.387. The Hall–Kier alpha value is -2.37. The lowest BCUT2D eigenvalue weighted by atomic mass is 10.0. The quantitative estimate of drug-likeness (QED) is 0.437. The van der Waals surface area contributed by atoms with Crippen LogP contribution in [0.1, 0.15) is 56.0 Å². The topological polar surface area (TPSA) is 75.3 Å². The molecule has 25 heavy (non-hydrogen) atoms. The molecule has 0 saturated carbocycles. The molecule has 1 aromatic heterocycles. The van der Waals surface area contributed by atoms with E-state index in [0.29, 0.717) is 24.2 Å². The van der Waals surface area contributed by atoms with Crippen molar-refractivity contribution in [3.8, 4) is 0 Å². The van der Waals surface area contributed by atoms with Crippen LogP contribution >= 0.6 is 0 Å². The third-order valence-electron chi connectivity index (χ3n) is 3.87. The van der Waals surface area contributed by atoms with Crippen molar-refractivity contribution in [1.29, 1.82) is 0 Å². The van der Waals surface area contributed by atoms with Crippen LogP contribution in [0.3, 0.4) is 0 Å². The SMILES string of the molecule is CCNC(=NCc1noc(C)n1)NCCCc1ccc(C(C)C)cc1. The molecular weight excluding hydrogens is 314 g/mol. The second-order valence-electron chi connectivity index (χ2n) is 6.35. The van der Waals surface area contributed by atoms with Crippen LogP contribution in [0.5, 0.6) is 0 Å². The van der Waals surface area contributed by atoms with Crippen LogP contribution in [0.15, 0.2) is 33.8 Å². The van der Waals surface area contributed by atoms with Gasteiger partial charge in [-0.15, -0.1) is 0 Å². The summed E-state index contributed by atoms with van der Waals surface area (Å²) in [5.74, 6) is 2.52. The molecule has 0 spiro atoms. The van der Waals surface area contributed by atoms with Gasteiger partial charge in [-0.2, -0.15) is 4.98 Å². The van der Waals surface area contributed by atoms with Crippen molar-refractivity contribution in [1.82, 2.24) is 20.8 Å². The van der Waals surface area contributed by atoms with Crippen molar-refractivity contribution < 1.29 is 4.52 Å². The van der Waals surface area contributed by atoms with E-state index in [1.807, 2.05) is 6.92 Å². The number of hydrogen-bond donors (Lipinski definition) is 2. The van der Waals surface area contributed by atoms with E-state index in [1.165, 1.54) is 11.1 Å². The number of aryl methyl sites for hydroxylation is 2. The van der Waals surface area contributed by atoms with E-state index >= 15 is 0 Å². The molecule has 6 heteroatoms. The summed E-state index contributed by atoms with van der Waals surface area (Å²) in [6, 6.07) is 8.91. The largest absolute Gasteiger partial charge is 0.357 e. The number of rotatable bonds is 8. The number of nitrogens with one attached hydrogen (secondary N) is 2. The lowest BCUT2D eigenvalue weighted by Crippen LogP contribution is -2.37. The van der Waals surface area contributed by atoms with Crippen LogP contribution in [0.2, 0.25) is 0 Å². The fourth-order valence-electron chi connectivity index (χ4n) is 2.47. The third kappa shape index (κ3) is 6.57. The van der Waals surface area contributed by atoms with Crippen LogP contribution in [0.4, 0.5) is 0 Å². The molecule has 1 heterocycles. The number of benzene rings is 1. The Balaban J connectivity index is 1.76. The molecule has 0 saturated heterocycles. The first-order valence-electron chi connectivity index (χ1n) is 8.98. The van der Waals surface area contributed by atoms with Gasteiger partial charge in [0.2, 0.25) is 5.89 Å². The van der Waals surface area contributed by atoms with Crippen LogP contribution in [-0.4, -0.2) is 29.2 Å². The molecule has 0 aliphatic carbocycles. The maximum Gasteiger partial charge on any atom is 0.223 e. The van der Waals surface area contributed by atoms with Crippen LogP contribution in [0.25, 0.3) is 0 Å². The summed E-state index contributed by atoms with van der Waals surface area (Å²) in [7, 11) is 0. The Morgan fingerprint density at radius 2 is 1.96 bits per heavy atom. The van der Waals surface area contributed by atoms with E-state index < -0.39 is 0 Å². The molecule has 0 radical (unpaired) electrons. The maximum absolute atomic E-state index is 4.96. The summed E-state index contributed by atoms with van der Waals surface area (Å²) in [5.41, 5.74) is 2.76. The molecule has 2 N–H and O–H groups in total. The summed E-state index contributed by atoms with van der Waals surface area (Å²) < 4.78 is 4.96. The fourth-order valence-corrected chi connectivity index (χ4v) is 2.47. The van der Waals surface area contributed by atoms with Crippen LogP contribution in [-0.2, 0) is 13.0 Å². The van der Waals surface area contributed by atoms with Crippen molar-refractivity contribution in [2.24, 2.45) is 4.99 Å². The van der Waals surface area contributed by atoms with Crippen molar-refractivity contribution in [2.45, 2.75) is 53.0 Å². The molecule has 0 aliphatic heterocycles. The molecule has 0 atom stereocenters. The highest BCUT2D eigenvalue weighted by atomic mass is 16.5. The molecule has 6 nitrogen and oxygen atoms in total. The van der Waals surface area contributed by atoms with Gasteiger partial charge in [-0.25, -0.2) is 4.99 Å². The van der Waals surface area contributed by atoms with Crippen LogP contribution in [0, 0.1) is 6.92 Å². The molecule has 0 aliphatic rings. The predicted octanol–water partition coefficient (Wildman–Crippen LogP) is 3.19. The zero-order valence-electron chi connectivity index (χ0n) is 15.7. The van der Waals surface area contributed by atoms with E-state index in [0.717, 1.165) is 31.9 Å². The number of aromatic nitrogens is 2. The van der Waals surface area contributed by atoms with Gasteiger partial charge in [-0.3, -0.25) is 0 Å². The van der Waals surface area contributed by atoms with Crippen molar-refractivity contribution in [2.75, 3.05) is 13.1 Å². The second kappa shape index (κ2) is 9.81. The summed E-state index contributed by atoms with van der Waals surface area (Å²) in [6.07, 6.45) is 2.10. The highest BCUT2D eigenvalue weighted by Gasteiger charge is 2.03. The van der Waals surface area contributed by atoms with Gasteiger partial charge in [-0.05, 0) is 36.8 Å². The minimum absolute atomic E-state index is 0.406. The minimum atomic E-state index is 0.406. The Morgan fingerprint density at radius 1 is 1.20 bits per heavy atom. The second-order valence-corrected chi connectivity index (χ2v) is 6.35. The van der Waals surface area contributed by atoms with Gasteiger partial charge in [0.1, 0.15) is 6.54 Å². The highest BCUT2D eigenvalue weighted by molar-refractivity contribution is 5.79.